The molecule has 0 spiro atoms. The maximum Gasteiger partial charge on any atom is 0.226 e. The molecule has 2 aromatic rings. The smallest absolute Gasteiger partial charge is 0.226 e. The summed E-state index contributed by atoms with van der Waals surface area (Å²) in [5.74, 6) is 2.65. The maximum atomic E-state index is 4.76. The molecule has 1 N–H and O–H groups in total. The number of anilines is 2. The van der Waals surface area contributed by atoms with Gasteiger partial charge in [0.1, 0.15) is 10.6 Å². The van der Waals surface area contributed by atoms with Crippen molar-refractivity contribution in [2.24, 2.45) is 5.92 Å². The highest BCUT2D eigenvalue weighted by Gasteiger charge is 2.20. The zero-order chi connectivity index (χ0) is 14.8. The van der Waals surface area contributed by atoms with E-state index in [-0.39, 0.29) is 0 Å². The fourth-order valence-electron chi connectivity index (χ4n) is 3.22. The molecule has 0 atom stereocenters. The molecule has 5 heteroatoms. The summed E-state index contributed by atoms with van der Waals surface area (Å²) < 4.78 is 0. The van der Waals surface area contributed by atoms with Crippen molar-refractivity contribution in [2.75, 3.05) is 30.4 Å². The number of rotatable bonds is 5. The first-order chi connectivity index (χ1) is 10.2. The maximum absolute atomic E-state index is 4.76. The Bertz CT molecular complexity index is 616. The molecule has 21 heavy (non-hydrogen) atoms. The highest BCUT2D eigenvalue weighted by molar-refractivity contribution is 7.18. The molecule has 0 radical (unpaired) electrons. The second-order valence-corrected chi connectivity index (χ2v) is 7.24. The molecule has 0 saturated heterocycles. The lowest BCUT2D eigenvalue weighted by Gasteiger charge is -2.23. The largest absolute Gasteiger partial charge is 0.359 e. The monoisotopic (exact) mass is 304 g/mol. The fraction of sp³-hybridized carbons (Fsp3) is 0.625. The molecule has 0 amide bonds. The minimum Gasteiger partial charge on any atom is -0.359 e. The van der Waals surface area contributed by atoms with Crippen molar-refractivity contribution in [3.63, 3.8) is 0 Å². The summed E-state index contributed by atoms with van der Waals surface area (Å²) in [5, 5.41) is 4.45. The summed E-state index contributed by atoms with van der Waals surface area (Å²) in [6, 6.07) is 2.22. The minimum atomic E-state index is 0.750. The van der Waals surface area contributed by atoms with E-state index in [1.54, 1.807) is 11.3 Å². The number of hydrogen-bond acceptors (Lipinski definition) is 5. The van der Waals surface area contributed by atoms with Gasteiger partial charge in [0.15, 0.2) is 0 Å². The van der Waals surface area contributed by atoms with Gasteiger partial charge in [-0.2, -0.15) is 4.98 Å². The molecule has 0 unspecified atom stereocenters. The number of nitrogens with zero attached hydrogens (tertiary/aromatic N) is 3. The van der Waals surface area contributed by atoms with Crippen LogP contribution in [0.5, 0.6) is 0 Å². The molecule has 0 bridgehead atoms. The number of fused-ring (bicyclic) bond motifs is 1. The second kappa shape index (κ2) is 6.18. The van der Waals surface area contributed by atoms with Gasteiger partial charge in [0.25, 0.3) is 0 Å². The van der Waals surface area contributed by atoms with Crippen molar-refractivity contribution in [2.45, 2.75) is 39.5 Å². The van der Waals surface area contributed by atoms with E-state index < -0.39 is 0 Å². The van der Waals surface area contributed by atoms with Crippen LogP contribution in [-0.4, -0.2) is 30.1 Å². The van der Waals surface area contributed by atoms with Crippen LogP contribution in [0, 0.1) is 12.8 Å². The molecule has 114 valence electrons. The fourth-order valence-corrected chi connectivity index (χ4v) is 4.10. The Kier molecular flexibility index (Phi) is 4.29. The van der Waals surface area contributed by atoms with Gasteiger partial charge in [0.2, 0.25) is 5.95 Å². The Balaban J connectivity index is 1.93. The summed E-state index contributed by atoms with van der Waals surface area (Å²) in [5.41, 5.74) is 0. The summed E-state index contributed by atoms with van der Waals surface area (Å²) in [4.78, 5) is 14.1. The normalized spacial score (nSPS) is 15.8. The lowest BCUT2D eigenvalue weighted by Crippen LogP contribution is -2.25. The second-order valence-electron chi connectivity index (χ2n) is 6.01. The van der Waals surface area contributed by atoms with Crippen LogP contribution >= 0.6 is 11.3 Å². The van der Waals surface area contributed by atoms with Crippen molar-refractivity contribution in [1.82, 2.24) is 9.97 Å². The van der Waals surface area contributed by atoms with E-state index in [9.17, 15) is 0 Å². The van der Waals surface area contributed by atoms with Gasteiger partial charge in [-0.3, -0.25) is 0 Å². The molecule has 0 aliphatic heterocycles. The lowest BCUT2D eigenvalue weighted by atomic mass is 10.1. The zero-order valence-electron chi connectivity index (χ0n) is 13.1. The van der Waals surface area contributed by atoms with E-state index in [1.807, 2.05) is 0 Å². The van der Waals surface area contributed by atoms with E-state index >= 15 is 0 Å². The van der Waals surface area contributed by atoms with Crippen LogP contribution in [0.1, 0.15) is 37.5 Å². The standard InChI is InChI=1S/C16H24N4S/c1-4-17-16-18-14(13-9-11(2)21-15(13)19-16)20(3)10-12-7-5-6-8-12/h9,12H,4-8,10H2,1-3H3,(H,17,18,19). The average Bonchev–Trinajstić information content (AvgIpc) is 3.06. The molecule has 4 nitrogen and oxygen atoms in total. The van der Waals surface area contributed by atoms with Gasteiger partial charge in [0, 0.05) is 25.0 Å². The predicted octanol–water partition coefficient (Wildman–Crippen LogP) is 4.06. The molecule has 1 aliphatic carbocycles. The first-order valence-corrected chi connectivity index (χ1v) is 8.72. The SMILES string of the molecule is CCNc1nc(N(C)CC2CCCC2)c2cc(C)sc2n1. The third-order valence-corrected chi connectivity index (χ3v) is 5.14. The van der Waals surface area contributed by atoms with Crippen LogP contribution < -0.4 is 10.2 Å². The van der Waals surface area contributed by atoms with Crippen LogP contribution in [0.4, 0.5) is 11.8 Å². The van der Waals surface area contributed by atoms with Crippen LogP contribution in [0.3, 0.4) is 0 Å². The average molecular weight is 304 g/mol. The molecule has 1 saturated carbocycles. The van der Waals surface area contributed by atoms with Gasteiger partial charge in [-0.25, -0.2) is 4.98 Å². The van der Waals surface area contributed by atoms with Crippen LogP contribution in [0.2, 0.25) is 0 Å². The summed E-state index contributed by atoms with van der Waals surface area (Å²) >= 11 is 1.75. The highest BCUT2D eigenvalue weighted by atomic mass is 32.1. The Labute approximate surface area is 130 Å². The minimum absolute atomic E-state index is 0.750. The topological polar surface area (TPSA) is 41.1 Å². The third kappa shape index (κ3) is 3.12. The Morgan fingerprint density at radius 1 is 1.33 bits per heavy atom. The van der Waals surface area contributed by atoms with Crippen LogP contribution in [0.25, 0.3) is 10.2 Å². The molecule has 3 rings (SSSR count). The highest BCUT2D eigenvalue weighted by Crippen LogP contribution is 2.33. The number of hydrogen-bond donors (Lipinski definition) is 1. The van der Waals surface area contributed by atoms with Crippen molar-refractivity contribution in [3.05, 3.63) is 10.9 Å². The van der Waals surface area contributed by atoms with Gasteiger partial charge in [-0.15, -0.1) is 11.3 Å². The molecule has 1 fully saturated rings. The molecular formula is C16H24N4S. The van der Waals surface area contributed by atoms with Gasteiger partial charge >= 0.3 is 0 Å². The molecule has 1 aliphatic rings. The van der Waals surface area contributed by atoms with E-state index in [0.29, 0.717) is 0 Å². The summed E-state index contributed by atoms with van der Waals surface area (Å²) in [6.45, 7) is 6.17. The predicted molar refractivity (Wildman–Crippen MR) is 91.5 cm³/mol. The number of thiophene rings is 1. The Hall–Kier alpha value is -1.36. The van der Waals surface area contributed by atoms with Crippen molar-refractivity contribution >= 4 is 33.3 Å². The van der Waals surface area contributed by atoms with Gasteiger partial charge < -0.3 is 10.2 Å². The Morgan fingerprint density at radius 2 is 2.10 bits per heavy atom. The van der Waals surface area contributed by atoms with Crippen LogP contribution in [-0.2, 0) is 0 Å². The van der Waals surface area contributed by atoms with E-state index in [2.05, 4.69) is 42.2 Å². The van der Waals surface area contributed by atoms with Gasteiger partial charge in [-0.1, -0.05) is 12.8 Å². The number of aryl methyl sites for hydroxylation is 1. The van der Waals surface area contributed by atoms with Crippen molar-refractivity contribution < 1.29 is 0 Å². The number of aromatic nitrogens is 2. The molecule has 2 aromatic heterocycles. The van der Waals surface area contributed by atoms with E-state index in [4.69, 9.17) is 4.98 Å². The quantitative estimate of drug-likeness (QED) is 0.904. The summed E-state index contributed by atoms with van der Waals surface area (Å²) in [6.07, 6.45) is 5.50. The lowest BCUT2D eigenvalue weighted by molar-refractivity contribution is 0.545. The van der Waals surface area contributed by atoms with Crippen LogP contribution in [0.15, 0.2) is 6.07 Å². The van der Waals surface area contributed by atoms with Gasteiger partial charge in [0.05, 0.1) is 5.39 Å². The molecule has 2 heterocycles. The number of nitrogens with one attached hydrogen (secondary N) is 1. The van der Waals surface area contributed by atoms with Crippen molar-refractivity contribution in [3.8, 4) is 0 Å². The summed E-state index contributed by atoms with van der Waals surface area (Å²) in [7, 11) is 2.17. The first-order valence-electron chi connectivity index (χ1n) is 7.90. The van der Waals surface area contributed by atoms with E-state index in [1.165, 1.54) is 35.9 Å². The van der Waals surface area contributed by atoms with E-state index in [0.717, 1.165) is 35.6 Å². The molecular weight excluding hydrogens is 280 g/mol. The first kappa shape index (κ1) is 14.6. The van der Waals surface area contributed by atoms with Gasteiger partial charge in [-0.05, 0) is 38.7 Å². The zero-order valence-corrected chi connectivity index (χ0v) is 14.0. The third-order valence-electron chi connectivity index (χ3n) is 4.20. The Morgan fingerprint density at radius 3 is 2.81 bits per heavy atom. The molecule has 0 aromatic carbocycles. The van der Waals surface area contributed by atoms with Crippen molar-refractivity contribution in [1.29, 1.82) is 0 Å².